The smallest absolute Gasteiger partial charge is 0.0534 e. The van der Waals surface area contributed by atoms with E-state index in [4.69, 9.17) is 0 Å². The van der Waals surface area contributed by atoms with Gasteiger partial charge in [0.1, 0.15) is 0 Å². The Kier molecular flexibility index (Phi) is 4.09. The van der Waals surface area contributed by atoms with Gasteiger partial charge in [-0.15, -0.1) is 0 Å². The maximum Gasteiger partial charge on any atom is 0.0534 e. The summed E-state index contributed by atoms with van der Waals surface area (Å²) in [6, 6.07) is 17.9. The van der Waals surface area contributed by atoms with Crippen LogP contribution in [0.1, 0.15) is 42.0 Å². The minimum atomic E-state index is 0.616. The quantitative estimate of drug-likeness (QED) is 0.439. The molecular weight excluding hydrogens is 382 g/mol. The highest BCUT2D eigenvalue weighted by Crippen LogP contribution is 2.40. The lowest BCUT2D eigenvalue weighted by molar-refractivity contribution is 0.576. The molecule has 1 nitrogen and oxygen atoms in total. The second-order valence-electron chi connectivity index (χ2n) is 7.38. The van der Waals surface area contributed by atoms with Crippen LogP contribution in [0, 0.1) is 0 Å². The lowest BCUT2D eigenvalue weighted by Crippen LogP contribution is -2.15. The summed E-state index contributed by atoms with van der Waals surface area (Å²) in [6.45, 7) is 0. The van der Waals surface area contributed by atoms with Crippen molar-refractivity contribution in [3.05, 3.63) is 88.1 Å². The minimum absolute atomic E-state index is 0.616. The zero-order chi connectivity index (χ0) is 17.5. The van der Waals surface area contributed by atoms with Crippen LogP contribution < -0.4 is 0 Å². The van der Waals surface area contributed by atoms with Gasteiger partial charge in [0.2, 0.25) is 0 Å². The zero-order valence-corrected chi connectivity index (χ0v) is 16.4. The van der Waals surface area contributed by atoms with Gasteiger partial charge in [-0.1, -0.05) is 58.4 Å². The van der Waals surface area contributed by atoms with Crippen LogP contribution in [0.25, 0.3) is 16.6 Å². The van der Waals surface area contributed by atoms with E-state index in [1.54, 1.807) is 5.56 Å². The Morgan fingerprint density at radius 1 is 0.962 bits per heavy atom. The average Bonchev–Trinajstić information content (AvgIpc) is 3.03. The number of halogens is 1. The van der Waals surface area contributed by atoms with E-state index in [2.05, 4.69) is 87.3 Å². The summed E-state index contributed by atoms with van der Waals surface area (Å²) in [5, 5.41) is 1.43. The van der Waals surface area contributed by atoms with Gasteiger partial charge in [-0.2, -0.15) is 0 Å². The summed E-state index contributed by atoms with van der Waals surface area (Å²) >= 11 is 3.56. The Morgan fingerprint density at radius 3 is 2.62 bits per heavy atom. The molecule has 3 aromatic rings. The van der Waals surface area contributed by atoms with Crippen LogP contribution in [0.4, 0.5) is 0 Å². The van der Waals surface area contributed by atoms with Crippen LogP contribution in [0.15, 0.2) is 71.2 Å². The molecule has 1 heterocycles. The van der Waals surface area contributed by atoms with Crippen LogP contribution in [0.5, 0.6) is 0 Å². The highest BCUT2D eigenvalue weighted by molar-refractivity contribution is 9.10. The average molecular weight is 404 g/mol. The molecule has 0 fully saturated rings. The number of hydrogen-bond donors (Lipinski definition) is 0. The van der Waals surface area contributed by atoms with Gasteiger partial charge < -0.3 is 4.57 Å². The van der Waals surface area contributed by atoms with E-state index in [1.165, 1.54) is 34.3 Å². The van der Waals surface area contributed by atoms with E-state index < -0.39 is 0 Å². The van der Waals surface area contributed by atoms with Crippen molar-refractivity contribution in [1.29, 1.82) is 0 Å². The highest BCUT2D eigenvalue weighted by atomic mass is 79.9. The number of rotatable bonds is 2. The van der Waals surface area contributed by atoms with E-state index in [0.29, 0.717) is 5.92 Å². The summed E-state index contributed by atoms with van der Waals surface area (Å²) in [5.41, 5.74) is 7.27. The van der Waals surface area contributed by atoms with Gasteiger partial charge in [-0.05, 0) is 73.4 Å². The van der Waals surface area contributed by atoms with Crippen molar-refractivity contribution in [2.75, 3.05) is 0 Å². The third-order valence-corrected chi connectivity index (χ3v) is 6.37. The molecule has 1 atom stereocenters. The van der Waals surface area contributed by atoms with E-state index in [1.807, 2.05) is 0 Å². The van der Waals surface area contributed by atoms with E-state index in [9.17, 15) is 0 Å². The van der Waals surface area contributed by atoms with Crippen molar-refractivity contribution in [2.24, 2.45) is 0 Å². The Labute approximate surface area is 163 Å². The molecule has 0 bridgehead atoms. The molecule has 0 spiro atoms. The molecule has 2 aromatic carbocycles. The van der Waals surface area contributed by atoms with Gasteiger partial charge in [0.25, 0.3) is 0 Å². The predicted molar refractivity (Wildman–Crippen MR) is 113 cm³/mol. The van der Waals surface area contributed by atoms with E-state index >= 15 is 0 Å². The SMILES string of the molecule is Brc1ccc(C2CCc3c(c4ccccc4n3C3=CCCC=C3)C2)cc1. The summed E-state index contributed by atoms with van der Waals surface area (Å²) in [7, 11) is 0. The molecule has 2 aliphatic carbocycles. The first-order chi connectivity index (χ1) is 12.8. The second kappa shape index (κ2) is 6.59. The summed E-state index contributed by atoms with van der Waals surface area (Å²) in [5.74, 6) is 0.616. The lowest BCUT2D eigenvalue weighted by atomic mass is 9.82. The third-order valence-electron chi connectivity index (χ3n) is 5.84. The number of hydrogen-bond acceptors (Lipinski definition) is 0. The van der Waals surface area contributed by atoms with Crippen molar-refractivity contribution >= 4 is 32.5 Å². The molecule has 0 saturated heterocycles. The fourth-order valence-corrected chi connectivity index (χ4v) is 4.85. The maximum atomic E-state index is 3.56. The van der Waals surface area contributed by atoms with Crippen molar-refractivity contribution in [3.8, 4) is 0 Å². The normalized spacial score (nSPS) is 19.4. The van der Waals surface area contributed by atoms with E-state index in [-0.39, 0.29) is 0 Å². The number of aromatic nitrogens is 1. The molecule has 130 valence electrons. The Balaban J connectivity index is 1.62. The molecule has 2 heteroatoms. The van der Waals surface area contributed by atoms with Gasteiger partial charge in [-0.3, -0.25) is 0 Å². The molecule has 2 aliphatic rings. The third kappa shape index (κ3) is 2.68. The molecule has 26 heavy (non-hydrogen) atoms. The molecule has 0 aliphatic heterocycles. The largest absolute Gasteiger partial charge is 0.314 e. The monoisotopic (exact) mass is 403 g/mol. The van der Waals surface area contributed by atoms with Crippen LogP contribution >= 0.6 is 15.9 Å². The first-order valence-corrected chi connectivity index (χ1v) is 10.3. The summed E-state index contributed by atoms with van der Waals surface area (Å²) < 4.78 is 3.68. The van der Waals surface area contributed by atoms with Crippen molar-refractivity contribution < 1.29 is 0 Å². The van der Waals surface area contributed by atoms with Crippen LogP contribution in [-0.2, 0) is 12.8 Å². The zero-order valence-electron chi connectivity index (χ0n) is 14.8. The Morgan fingerprint density at radius 2 is 1.81 bits per heavy atom. The topological polar surface area (TPSA) is 4.93 Å². The van der Waals surface area contributed by atoms with Gasteiger partial charge in [0.05, 0.1) is 5.52 Å². The second-order valence-corrected chi connectivity index (χ2v) is 8.29. The highest BCUT2D eigenvalue weighted by Gasteiger charge is 2.27. The first kappa shape index (κ1) is 16.1. The molecule has 5 rings (SSSR count). The van der Waals surface area contributed by atoms with Crippen molar-refractivity contribution in [3.63, 3.8) is 0 Å². The van der Waals surface area contributed by atoms with Gasteiger partial charge in [-0.25, -0.2) is 0 Å². The molecule has 0 N–H and O–H groups in total. The van der Waals surface area contributed by atoms with E-state index in [0.717, 1.165) is 30.2 Å². The standard InChI is InChI=1S/C24H22BrN/c25-19-13-10-17(11-14-19)18-12-15-24-22(16-18)21-8-4-5-9-23(21)26(24)20-6-2-1-3-7-20/h2,4-11,13-14,18H,1,3,12,15-16H2. The Hall–Kier alpha value is -2.06. The minimum Gasteiger partial charge on any atom is -0.314 e. The molecular formula is C24H22BrN. The number of para-hydroxylation sites is 1. The molecule has 0 saturated carbocycles. The number of fused-ring (bicyclic) bond motifs is 3. The molecule has 1 unspecified atom stereocenters. The summed E-state index contributed by atoms with van der Waals surface area (Å²) in [4.78, 5) is 0. The fraction of sp³-hybridized carbons (Fsp3) is 0.250. The van der Waals surface area contributed by atoms with Crippen molar-refractivity contribution in [1.82, 2.24) is 4.57 Å². The fourth-order valence-electron chi connectivity index (χ4n) is 4.59. The van der Waals surface area contributed by atoms with Gasteiger partial charge in [0.15, 0.2) is 0 Å². The summed E-state index contributed by atoms with van der Waals surface area (Å²) in [6.07, 6.45) is 12.8. The van der Waals surface area contributed by atoms with Crippen LogP contribution in [0.2, 0.25) is 0 Å². The number of nitrogens with zero attached hydrogens (tertiary/aromatic N) is 1. The Bertz CT molecular complexity index is 1020. The van der Waals surface area contributed by atoms with Crippen LogP contribution in [-0.4, -0.2) is 4.57 Å². The molecule has 0 amide bonds. The number of allylic oxidation sites excluding steroid dienone is 4. The van der Waals surface area contributed by atoms with Gasteiger partial charge in [0, 0.05) is 21.2 Å². The maximum absolute atomic E-state index is 3.56. The van der Waals surface area contributed by atoms with Crippen molar-refractivity contribution in [2.45, 2.75) is 38.0 Å². The molecule has 1 aromatic heterocycles. The first-order valence-electron chi connectivity index (χ1n) is 9.55. The lowest BCUT2D eigenvalue weighted by Gasteiger charge is -2.25. The molecule has 0 radical (unpaired) electrons. The van der Waals surface area contributed by atoms with Gasteiger partial charge >= 0.3 is 0 Å². The van der Waals surface area contributed by atoms with Crippen LogP contribution in [0.3, 0.4) is 0 Å². The number of benzene rings is 2. The predicted octanol–water partition coefficient (Wildman–Crippen LogP) is 6.87.